The van der Waals surface area contributed by atoms with Crippen molar-refractivity contribution in [1.82, 2.24) is 4.90 Å². The number of carboxylic acid groups (broad SMARTS) is 1. The van der Waals surface area contributed by atoms with Gasteiger partial charge in [0, 0.05) is 13.1 Å². The molecule has 0 spiro atoms. The average Bonchev–Trinajstić information content (AvgIpc) is 2.72. The molecule has 0 unspecified atom stereocenters. The van der Waals surface area contributed by atoms with E-state index in [1.807, 2.05) is 0 Å². The fourth-order valence-corrected chi connectivity index (χ4v) is 3.44. The summed E-state index contributed by atoms with van der Waals surface area (Å²) >= 11 is 0. The number of hydrogen-bond acceptors (Lipinski definition) is 1. The molecule has 0 rings (SSSR count). The molecule has 0 aliphatic heterocycles. The van der Waals surface area contributed by atoms with E-state index < -0.39 is 6.09 Å². The highest BCUT2D eigenvalue weighted by Gasteiger charge is 2.08. The maximum absolute atomic E-state index is 11.7. The van der Waals surface area contributed by atoms with Crippen LogP contribution in [0.3, 0.4) is 0 Å². The highest BCUT2D eigenvalue weighted by atomic mass is 16.4. The Labute approximate surface area is 210 Å². The monoisotopic (exact) mass is 469 g/mol. The predicted octanol–water partition coefficient (Wildman–Crippen LogP) is 9.80. The Morgan fingerprint density at radius 1 is 0.529 bits per heavy atom. The number of hydrogen-bond donors (Lipinski definition) is 1. The van der Waals surface area contributed by atoms with Crippen molar-refractivity contribution in [3.05, 3.63) is 69.9 Å². The van der Waals surface area contributed by atoms with Gasteiger partial charge in [0.15, 0.2) is 0 Å². The molecular formula is C31H51NO2. The van der Waals surface area contributed by atoms with Crippen LogP contribution in [0.15, 0.2) is 69.9 Å². The summed E-state index contributed by atoms with van der Waals surface area (Å²) in [6.45, 7) is 18.0. The third-order valence-electron chi connectivity index (χ3n) is 5.84. The van der Waals surface area contributed by atoms with E-state index in [0.29, 0.717) is 13.1 Å². The van der Waals surface area contributed by atoms with E-state index in [-0.39, 0.29) is 0 Å². The summed E-state index contributed by atoms with van der Waals surface area (Å²) < 4.78 is 0. The maximum Gasteiger partial charge on any atom is 0.407 e. The molecule has 34 heavy (non-hydrogen) atoms. The smallest absolute Gasteiger partial charge is 0.407 e. The molecule has 0 aliphatic rings. The minimum Gasteiger partial charge on any atom is -0.465 e. The average molecular weight is 470 g/mol. The minimum atomic E-state index is -0.863. The molecule has 0 aromatic rings. The first-order valence-electron chi connectivity index (χ1n) is 12.9. The first kappa shape index (κ1) is 31.7. The van der Waals surface area contributed by atoms with Crippen molar-refractivity contribution in [2.45, 2.75) is 107 Å². The van der Waals surface area contributed by atoms with Crippen molar-refractivity contribution in [2.24, 2.45) is 0 Å². The molecule has 0 atom stereocenters. The van der Waals surface area contributed by atoms with Crippen molar-refractivity contribution in [1.29, 1.82) is 0 Å². The van der Waals surface area contributed by atoms with Crippen LogP contribution in [0, 0.1) is 0 Å². The zero-order valence-corrected chi connectivity index (χ0v) is 23.3. The Balaban J connectivity index is 4.51. The van der Waals surface area contributed by atoms with Crippen LogP contribution in [0.25, 0.3) is 0 Å². The Hall–Kier alpha value is -2.29. The van der Waals surface area contributed by atoms with Crippen LogP contribution >= 0.6 is 0 Å². The van der Waals surface area contributed by atoms with Gasteiger partial charge >= 0.3 is 6.09 Å². The number of allylic oxidation sites excluding steroid dienone is 10. The molecule has 3 nitrogen and oxygen atoms in total. The van der Waals surface area contributed by atoms with Crippen LogP contribution < -0.4 is 0 Å². The van der Waals surface area contributed by atoms with Gasteiger partial charge in [0.25, 0.3) is 0 Å². The van der Waals surface area contributed by atoms with Crippen molar-refractivity contribution < 1.29 is 9.90 Å². The topological polar surface area (TPSA) is 40.5 Å². The van der Waals surface area contributed by atoms with E-state index in [1.54, 1.807) is 0 Å². The summed E-state index contributed by atoms with van der Waals surface area (Å²) in [5, 5.41) is 9.58. The first-order valence-corrected chi connectivity index (χ1v) is 12.9. The second kappa shape index (κ2) is 19.1. The van der Waals surface area contributed by atoms with Crippen LogP contribution in [-0.4, -0.2) is 29.2 Å². The van der Waals surface area contributed by atoms with Gasteiger partial charge in [-0.1, -0.05) is 69.9 Å². The summed E-state index contributed by atoms with van der Waals surface area (Å²) in [4.78, 5) is 13.1. The third kappa shape index (κ3) is 19.2. The van der Waals surface area contributed by atoms with Gasteiger partial charge in [0.1, 0.15) is 0 Å². The summed E-state index contributed by atoms with van der Waals surface area (Å²) in [6.07, 6.45) is 20.8. The minimum absolute atomic E-state index is 0.442. The quantitative estimate of drug-likeness (QED) is 0.228. The highest BCUT2D eigenvalue weighted by Crippen LogP contribution is 2.13. The molecule has 192 valence electrons. The van der Waals surface area contributed by atoms with Gasteiger partial charge in [-0.05, 0) is 107 Å². The first-order chi connectivity index (χ1) is 16.0. The van der Waals surface area contributed by atoms with E-state index in [2.05, 4.69) is 91.8 Å². The molecule has 0 radical (unpaired) electrons. The van der Waals surface area contributed by atoms with E-state index in [0.717, 1.165) is 51.4 Å². The lowest BCUT2D eigenvalue weighted by atomic mass is 10.1. The largest absolute Gasteiger partial charge is 0.465 e. The molecule has 0 bridgehead atoms. The zero-order valence-electron chi connectivity index (χ0n) is 23.3. The maximum atomic E-state index is 11.7. The molecule has 0 heterocycles. The van der Waals surface area contributed by atoms with E-state index in [9.17, 15) is 9.90 Å². The Bertz CT molecular complexity index is 722. The Morgan fingerprint density at radius 2 is 0.824 bits per heavy atom. The predicted molar refractivity (Wildman–Crippen MR) is 150 cm³/mol. The number of carbonyl (C=O) groups is 1. The zero-order chi connectivity index (χ0) is 25.9. The molecule has 0 aromatic carbocycles. The lowest BCUT2D eigenvalue weighted by molar-refractivity contribution is 0.155. The molecule has 0 aliphatic carbocycles. The van der Waals surface area contributed by atoms with Crippen molar-refractivity contribution >= 4 is 6.09 Å². The Kier molecular flexibility index (Phi) is 17.8. The van der Waals surface area contributed by atoms with Crippen LogP contribution in [0.1, 0.15) is 107 Å². The second-order valence-corrected chi connectivity index (χ2v) is 10.1. The van der Waals surface area contributed by atoms with Crippen LogP contribution in [0.2, 0.25) is 0 Å². The number of nitrogens with zero attached hydrogens (tertiary/aromatic N) is 1. The number of rotatable bonds is 16. The molecule has 0 fully saturated rings. The van der Waals surface area contributed by atoms with Crippen molar-refractivity contribution in [3.8, 4) is 0 Å². The summed E-state index contributed by atoms with van der Waals surface area (Å²) in [5.74, 6) is 0. The molecule has 1 amide bonds. The molecule has 0 saturated carbocycles. The molecular weight excluding hydrogens is 418 g/mol. The van der Waals surface area contributed by atoms with Gasteiger partial charge in [-0.25, -0.2) is 4.79 Å². The second-order valence-electron chi connectivity index (χ2n) is 10.1. The van der Waals surface area contributed by atoms with Gasteiger partial charge in [-0.15, -0.1) is 0 Å². The fourth-order valence-electron chi connectivity index (χ4n) is 3.44. The lowest BCUT2D eigenvalue weighted by Crippen LogP contribution is -2.30. The fraction of sp³-hybridized carbons (Fsp3) is 0.581. The molecule has 1 N–H and O–H groups in total. The summed E-state index contributed by atoms with van der Waals surface area (Å²) in [7, 11) is 0. The molecule has 0 aromatic heterocycles. The van der Waals surface area contributed by atoms with Gasteiger partial charge in [-0.2, -0.15) is 0 Å². The summed E-state index contributed by atoms with van der Waals surface area (Å²) in [5.41, 5.74) is 8.09. The normalized spacial score (nSPS) is 13.1. The molecule has 3 heteroatoms. The summed E-state index contributed by atoms with van der Waals surface area (Å²) in [6, 6.07) is 0. The van der Waals surface area contributed by atoms with Gasteiger partial charge in [0.2, 0.25) is 0 Å². The van der Waals surface area contributed by atoms with Crippen LogP contribution in [0.5, 0.6) is 0 Å². The van der Waals surface area contributed by atoms with Crippen LogP contribution in [0.4, 0.5) is 4.79 Å². The van der Waals surface area contributed by atoms with E-state index in [1.165, 1.54) is 38.3 Å². The number of amides is 1. The SMILES string of the molecule is CC(C)=CCCC(C)=CCCC(C)=CCN(CC=C(C)CCC=C(C)CCC=C(C)C)C(=O)O. The van der Waals surface area contributed by atoms with Crippen molar-refractivity contribution in [3.63, 3.8) is 0 Å². The van der Waals surface area contributed by atoms with Crippen LogP contribution in [-0.2, 0) is 0 Å². The third-order valence-corrected chi connectivity index (χ3v) is 5.84. The van der Waals surface area contributed by atoms with Crippen molar-refractivity contribution in [2.75, 3.05) is 13.1 Å². The standard InChI is InChI=1S/C31H51NO2/c1-25(2)13-9-15-27(5)17-11-19-29(7)21-23-32(31(33)34)24-22-30(8)20-12-18-28(6)16-10-14-26(3)4/h13-14,17-18,21-22H,9-12,15-16,19-20,23-24H2,1-8H3,(H,33,34). The Morgan fingerprint density at radius 3 is 1.12 bits per heavy atom. The van der Waals surface area contributed by atoms with E-state index in [4.69, 9.17) is 0 Å². The van der Waals surface area contributed by atoms with Gasteiger partial charge < -0.3 is 10.0 Å². The lowest BCUT2D eigenvalue weighted by Gasteiger charge is -2.16. The van der Waals surface area contributed by atoms with E-state index >= 15 is 0 Å². The van der Waals surface area contributed by atoms with Gasteiger partial charge in [0.05, 0.1) is 0 Å². The molecule has 0 saturated heterocycles. The van der Waals surface area contributed by atoms with Gasteiger partial charge in [-0.3, -0.25) is 0 Å². The highest BCUT2D eigenvalue weighted by molar-refractivity contribution is 5.65.